The summed E-state index contributed by atoms with van der Waals surface area (Å²) in [6.07, 6.45) is 7.42. The van der Waals surface area contributed by atoms with Crippen molar-refractivity contribution in [3.05, 3.63) is 29.7 Å². The van der Waals surface area contributed by atoms with Crippen LogP contribution in [0.1, 0.15) is 18.5 Å². The number of rotatable bonds is 4. The maximum absolute atomic E-state index is 5.45. The molecule has 2 aromatic rings. The first kappa shape index (κ1) is 12.7. The van der Waals surface area contributed by atoms with Crippen LogP contribution in [-0.2, 0) is 11.3 Å². The van der Waals surface area contributed by atoms with Crippen molar-refractivity contribution in [1.29, 1.82) is 0 Å². The second-order valence-electron chi connectivity index (χ2n) is 4.53. The minimum atomic E-state index is 0.454. The fourth-order valence-corrected chi connectivity index (χ4v) is 2.85. The van der Waals surface area contributed by atoms with Gasteiger partial charge in [-0.05, 0) is 12.8 Å². The fourth-order valence-electron chi connectivity index (χ4n) is 2.07. The van der Waals surface area contributed by atoms with Crippen molar-refractivity contribution < 1.29 is 4.74 Å². The van der Waals surface area contributed by atoms with E-state index in [1.807, 2.05) is 0 Å². The molecule has 1 saturated heterocycles. The van der Waals surface area contributed by atoms with Crippen molar-refractivity contribution in [2.45, 2.75) is 25.4 Å². The first-order valence-electron chi connectivity index (χ1n) is 6.44. The number of hydrogen-bond donors (Lipinski definition) is 1. The van der Waals surface area contributed by atoms with E-state index in [2.05, 4.69) is 25.6 Å². The molecule has 19 heavy (non-hydrogen) atoms. The summed E-state index contributed by atoms with van der Waals surface area (Å²) >= 11 is 1.60. The average Bonchev–Trinajstić information content (AvgIpc) is 2.96. The summed E-state index contributed by atoms with van der Waals surface area (Å²) in [5, 5.41) is 6.48. The summed E-state index contributed by atoms with van der Waals surface area (Å²) in [4.78, 5) is 12.9. The van der Waals surface area contributed by atoms with E-state index in [4.69, 9.17) is 4.74 Å². The Hall–Kier alpha value is -1.37. The standard InChI is InChI=1S/C13H16N4OS/c1-2-10(8-18-5-1)16-6-11-9-19-13(17-11)12-7-14-3-4-15-12/h3-4,7,9-10,16H,1-2,5-6,8H2. The third-order valence-corrected chi connectivity index (χ3v) is 3.98. The van der Waals surface area contributed by atoms with Gasteiger partial charge < -0.3 is 10.1 Å². The highest BCUT2D eigenvalue weighted by molar-refractivity contribution is 7.13. The molecule has 1 aliphatic rings. The molecule has 1 unspecified atom stereocenters. The maximum Gasteiger partial charge on any atom is 0.143 e. The highest BCUT2D eigenvalue weighted by Crippen LogP contribution is 2.20. The second kappa shape index (κ2) is 6.18. The summed E-state index contributed by atoms with van der Waals surface area (Å²) in [6, 6.07) is 0.454. The molecule has 0 spiro atoms. The molecule has 3 heterocycles. The van der Waals surface area contributed by atoms with E-state index in [0.29, 0.717) is 6.04 Å². The molecule has 0 amide bonds. The van der Waals surface area contributed by atoms with Crippen molar-refractivity contribution in [3.63, 3.8) is 0 Å². The lowest BCUT2D eigenvalue weighted by molar-refractivity contribution is 0.0698. The monoisotopic (exact) mass is 276 g/mol. The smallest absolute Gasteiger partial charge is 0.143 e. The van der Waals surface area contributed by atoms with E-state index in [-0.39, 0.29) is 0 Å². The van der Waals surface area contributed by atoms with Crippen LogP contribution in [0.2, 0.25) is 0 Å². The fraction of sp³-hybridized carbons (Fsp3) is 0.462. The first-order valence-corrected chi connectivity index (χ1v) is 7.32. The van der Waals surface area contributed by atoms with Crippen molar-refractivity contribution in [1.82, 2.24) is 20.3 Å². The molecule has 100 valence electrons. The topological polar surface area (TPSA) is 59.9 Å². The molecular formula is C13H16N4OS. The molecule has 2 aromatic heterocycles. The van der Waals surface area contributed by atoms with E-state index in [9.17, 15) is 0 Å². The molecule has 0 radical (unpaired) electrons. The summed E-state index contributed by atoms with van der Waals surface area (Å²) in [7, 11) is 0. The average molecular weight is 276 g/mol. The Bertz CT molecular complexity index is 510. The Morgan fingerprint density at radius 1 is 1.42 bits per heavy atom. The lowest BCUT2D eigenvalue weighted by Gasteiger charge is -2.22. The zero-order valence-electron chi connectivity index (χ0n) is 10.6. The normalized spacial score (nSPS) is 19.5. The Morgan fingerprint density at radius 2 is 2.42 bits per heavy atom. The van der Waals surface area contributed by atoms with E-state index < -0.39 is 0 Å². The molecule has 1 fully saturated rings. The van der Waals surface area contributed by atoms with Gasteiger partial charge in [0.15, 0.2) is 0 Å². The van der Waals surface area contributed by atoms with Gasteiger partial charge in [-0.2, -0.15) is 0 Å². The lowest BCUT2D eigenvalue weighted by atomic mass is 10.1. The van der Waals surface area contributed by atoms with Crippen molar-refractivity contribution in [2.75, 3.05) is 13.2 Å². The number of hydrogen-bond acceptors (Lipinski definition) is 6. The van der Waals surface area contributed by atoms with Gasteiger partial charge in [0.1, 0.15) is 10.7 Å². The SMILES string of the molecule is c1cnc(-c2nc(CNC3CCCOC3)cs2)cn1. The molecule has 0 aromatic carbocycles. The van der Waals surface area contributed by atoms with Gasteiger partial charge in [-0.15, -0.1) is 11.3 Å². The zero-order chi connectivity index (χ0) is 12.9. The summed E-state index contributed by atoms with van der Waals surface area (Å²) < 4.78 is 5.45. The van der Waals surface area contributed by atoms with Gasteiger partial charge in [-0.3, -0.25) is 9.97 Å². The van der Waals surface area contributed by atoms with Gasteiger partial charge in [0, 0.05) is 37.0 Å². The molecule has 3 rings (SSSR count). The minimum Gasteiger partial charge on any atom is -0.380 e. The molecule has 6 heteroatoms. The largest absolute Gasteiger partial charge is 0.380 e. The third-order valence-electron chi connectivity index (χ3n) is 3.07. The molecule has 1 atom stereocenters. The van der Waals surface area contributed by atoms with Crippen LogP contribution in [0.25, 0.3) is 10.7 Å². The molecule has 0 aliphatic carbocycles. The Morgan fingerprint density at radius 3 is 3.21 bits per heavy atom. The molecule has 1 aliphatic heterocycles. The van der Waals surface area contributed by atoms with Gasteiger partial charge >= 0.3 is 0 Å². The highest BCUT2D eigenvalue weighted by atomic mass is 32.1. The number of ether oxygens (including phenoxy) is 1. The highest BCUT2D eigenvalue weighted by Gasteiger charge is 2.13. The molecule has 0 bridgehead atoms. The number of nitrogens with one attached hydrogen (secondary N) is 1. The van der Waals surface area contributed by atoms with E-state index in [1.54, 1.807) is 29.9 Å². The summed E-state index contributed by atoms with van der Waals surface area (Å²) in [5.74, 6) is 0. The Kier molecular flexibility index (Phi) is 4.12. The van der Waals surface area contributed by atoms with Crippen LogP contribution in [0, 0.1) is 0 Å². The van der Waals surface area contributed by atoms with Crippen LogP contribution in [0.3, 0.4) is 0 Å². The Balaban J connectivity index is 1.59. The first-order chi connectivity index (χ1) is 9.42. The summed E-state index contributed by atoms with van der Waals surface area (Å²) in [5.41, 5.74) is 1.89. The van der Waals surface area contributed by atoms with Crippen LogP contribution in [0.15, 0.2) is 24.0 Å². The third kappa shape index (κ3) is 3.34. The molecule has 5 nitrogen and oxygen atoms in total. The number of aromatic nitrogens is 3. The maximum atomic E-state index is 5.45. The van der Waals surface area contributed by atoms with Gasteiger partial charge in [-0.1, -0.05) is 0 Å². The van der Waals surface area contributed by atoms with Crippen molar-refractivity contribution in [3.8, 4) is 10.7 Å². The number of thiazole rings is 1. The van der Waals surface area contributed by atoms with E-state index in [0.717, 1.165) is 42.6 Å². The van der Waals surface area contributed by atoms with Crippen LogP contribution >= 0.6 is 11.3 Å². The predicted molar refractivity (Wildman–Crippen MR) is 73.8 cm³/mol. The lowest BCUT2D eigenvalue weighted by Crippen LogP contribution is -2.36. The molecular weight excluding hydrogens is 260 g/mol. The minimum absolute atomic E-state index is 0.454. The molecule has 1 N–H and O–H groups in total. The molecule has 0 saturated carbocycles. The van der Waals surface area contributed by atoms with Crippen LogP contribution < -0.4 is 5.32 Å². The van der Waals surface area contributed by atoms with Gasteiger partial charge in [0.25, 0.3) is 0 Å². The van der Waals surface area contributed by atoms with Crippen LogP contribution in [0.4, 0.5) is 0 Å². The van der Waals surface area contributed by atoms with Crippen LogP contribution in [-0.4, -0.2) is 34.2 Å². The quantitative estimate of drug-likeness (QED) is 0.923. The van der Waals surface area contributed by atoms with E-state index in [1.165, 1.54) is 6.42 Å². The second-order valence-corrected chi connectivity index (χ2v) is 5.39. The van der Waals surface area contributed by atoms with Gasteiger partial charge in [-0.25, -0.2) is 4.98 Å². The number of nitrogens with zero attached hydrogens (tertiary/aromatic N) is 3. The Labute approximate surface area is 116 Å². The van der Waals surface area contributed by atoms with Crippen LogP contribution in [0.5, 0.6) is 0 Å². The summed E-state index contributed by atoms with van der Waals surface area (Å²) in [6.45, 7) is 2.48. The van der Waals surface area contributed by atoms with Crippen molar-refractivity contribution >= 4 is 11.3 Å². The zero-order valence-corrected chi connectivity index (χ0v) is 11.4. The van der Waals surface area contributed by atoms with Gasteiger partial charge in [0.2, 0.25) is 0 Å². The van der Waals surface area contributed by atoms with E-state index >= 15 is 0 Å². The van der Waals surface area contributed by atoms with Crippen molar-refractivity contribution in [2.24, 2.45) is 0 Å². The predicted octanol–water partition coefficient (Wildman–Crippen LogP) is 1.87. The van der Waals surface area contributed by atoms with Gasteiger partial charge in [0.05, 0.1) is 18.5 Å².